The van der Waals surface area contributed by atoms with Crippen molar-refractivity contribution in [2.45, 2.75) is 20.3 Å². The Kier molecular flexibility index (Phi) is 3.38. The van der Waals surface area contributed by atoms with Crippen LogP contribution in [0.3, 0.4) is 0 Å². The summed E-state index contributed by atoms with van der Waals surface area (Å²) in [5.41, 5.74) is 7.22. The summed E-state index contributed by atoms with van der Waals surface area (Å²) in [4.78, 5) is 28.9. The topological polar surface area (TPSA) is 76.3 Å². The molecule has 0 spiro atoms. The van der Waals surface area contributed by atoms with Gasteiger partial charge in [-0.15, -0.1) is 0 Å². The SMILES string of the molecule is Cc1c(Br)cnc(N2CC(C(N)=O)CC2=O)c1C. The summed E-state index contributed by atoms with van der Waals surface area (Å²) < 4.78 is 0.904. The number of aromatic nitrogens is 1. The Morgan fingerprint density at radius 2 is 2.17 bits per heavy atom. The second kappa shape index (κ2) is 4.68. The minimum Gasteiger partial charge on any atom is -0.369 e. The van der Waals surface area contributed by atoms with Crippen LogP contribution in [0.15, 0.2) is 10.7 Å². The van der Waals surface area contributed by atoms with Crippen molar-refractivity contribution in [1.29, 1.82) is 0 Å². The third-order valence-electron chi connectivity index (χ3n) is 3.34. The molecule has 96 valence electrons. The van der Waals surface area contributed by atoms with Gasteiger partial charge < -0.3 is 5.73 Å². The molecule has 1 fully saturated rings. The van der Waals surface area contributed by atoms with Crippen LogP contribution in [-0.2, 0) is 9.59 Å². The van der Waals surface area contributed by atoms with Gasteiger partial charge in [-0.3, -0.25) is 14.5 Å². The molecule has 1 saturated heterocycles. The molecule has 0 aromatic carbocycles. The number of hydrogen-bond donors (Lipinski definition) is 1. The molecule has 2 N–H and O–H groups in total. The predicted octanol–water partition coefficient (Wildman–Crippen LogP) is 1.30. The smallest absolute Gasteiger partial charge is 0.229 e. The lowest BCUT2D eigenvalue weighted by Crippen LogP contribution is -2.29. The van der Waals surface area contributed by atoms with Crippen LogP contribution in [-0.4, -0.2) is 23.3 Å². The van der Waals surface area contributed by atoms with Crippen LogP contribution in [0.4, 0.5) is 5.82 Å². The number of carbonyl (C=O) groups excluding carboxylic acids is 2. The highest BCUT2D eigenvalue weighted by molar-refractivity contribution is 9.10. The number of nitrogens with two attached hydrogens (primary N) is 1. The highest BCUT2D eigenvalue weighted by Crippen LogP contribution is 2.30. The van der Waals surface area contributed by atoms with Crippen molar-refractivity contribution in [3.63, 3.8) is 0 Å². The molecule has 5 nitrogen and oxygen atoms in total. The third kappa shape index (κ3) is 2.12. The van der Waals surface area contributed by atoms with E-state index in [0.29, 0.717) is 12.4 Å². The van der Waals surface area contributed by atoms with Gasteiger partial charge in [-0.1, -0.05) is 0 Å². The van der Waals surface area contributed by atoms with E-state index in [1.54, 1.807) is 11.1 Å². The Morgan fingerprint density at radius 1 is 1.50 bits per heavy atom. The van der Waals surface area contributed by atoms with Gasteiger partial charge in [0.1, 0.15) is 5.82 Å². The van der Waals surface area contributed by atoms with E-state index in [9.17, 15) is 9.59 Å². The van der Waals surface area contributed by atoms with E-state index in [0.717, 1.165) is 15.6 Å². The van der Waals surface area contributed by atoms with Gasteiger partial charge in [0.05, 0.1) is 5.92 Å². The first-order valence-electron chi connectivity index (χ1n) is 5.63. The average molecular weight is 312 g/mol. The number of nitrogens with zero attached hydrogens (tertiary/aromatic N) is 2. The molecular formula is C12H14BrN3O2. The maximum atomic E-state index is 11.9. The zero-order valence-electron chi connectivity index (χ0n) is 10.2. The summed E-state index contributed by atoms with van der Waals surface area (Å²) in [6, 6.07) is 0. The molecule has 2 heterocycles. The maximum Gasteiger partial charge on any atom is 0.229 e. The van der Waals surface area contributed by atoms with Gasteiger partial charge >= 0.3 is 0 Å². The van der Waals surface area contributed by atoms with Gasteiger partial charge in [0.25, 0.3) is 0 Å². The second-order valence-corrected chi connectivity index (χ2v) is 5.34. The van der Waals surface area contributed by atoms with E-state index in [1.807, 2.05) is 13.8 Å². The minimum absolute atomic E-state index is 0.101. The van der Waals surface area contributed by atoms with Gasteiger partial charge in [-0.25, -0.2) is 4.98 Å². The van der Waals surface area contributed by atoms with Gasteiger partial charge in [-0.2, -0.15) is 0 Å². The van der Waals surface area contributed by atoms with Crippen molar-refractivity contribution < 1.29 is 9.59 Å². The first-order chi connectivity index (χ1) is 8.41. The number of anilines is 1. The molecule has 1 atom stereocenters. The standard InChI is InChI=1S/C12H14BrN3O2/c1-6-7(2)12(15-4-9(6)13)16-5-8(11(14)18)3-10(16)17/h4,8H,3,5H2,1-2H3,(H2,14,18). The van der Waals surface area contributed by atoms with Crippen molar-refractivity contribution in [3.8, 4) is 0 Å². The van der Waals surface area contributed by atoms with Crippen LogP contribution in [0.1, 0.15) is 17.5 Å². The minimum atomic E-state index is -0.433. The monoisotopic (exact) mass is 311 g/mol. The van der Waals surface area contributed by atoms with Crippen LogP contribution < -0.4 is 10.6 Å². The fourth-order valence-corrected chi connectivity index (χ4v) is 2.43. The number of rotatable bonds is 2. The molecule has 1 aromatic rings. The number of amides is 2. The summed E-state index contributed by atoms with van der Waals surface area (Å²) in [5.74, 6) is -0.333. The lowest BCUT2D eigenvalue weighted by molar-refractivity contribution is -0.123. The van der Waals surface area contributed by atoms with E-state index in [-0.39, 0.29) is 12.3 Å². The van der Waals surface area contributed by atoms with Crippen LogP contribution in [0.2, 0.25) is 0 Å². The predicted molar refractivity (Wildman–Crippen MR) is 71.1 cm³/mol. The highest BCUT2D eigenvalue weighted by atomic mass is 79.9. The zero-order valence-corrected chi connectivity index (χ0v) is 11.8. The Hall–Kier alpha value is -1.43. The number of pyridine rings is 1. The van der Waals surface area contributed by atoms with Crippen molar-refractivity contribution >= 4 is 33.6 Å². The Bertz CT molecular complexity index is 530. The summed E-state index contributed by atoms with van der Waals surface area (Å²) in [5, 5.41) is 0. The fraction of sp³-hybridized carbons (Fsp3) is 0.417. The quantitative estimate of drug-likeness (QED) is 0.894. The summed E-state index contributed by atoms with van der Waals surface area (Å²) in [6.07, 6.45) is 1.84. The normalized spacial score (nSPS) is 19.4. The van der Waals surface area contributed by atoms with Gasteiger partial charge in [0.2, 0.25) is 11.8 Å². The summed E-state index contributed by atoms with van der Waals surface area (Å²) in [6.45, 7) is 4.19. The molecule has 0 radical (unpaired) electrons. The Labute approximate surface area is 113 Å². The summed E-state index contributed by atoms with van der Waals surface area (Å²) >= 11 is 3.40. The van der Waals surface area contributed by atoms with Gasteiger partial charge in [0.15, 0.2) is 0 Å². The van der Waals surface area contributed by atoms with Crippen molar-refractivity contribution in [2.75, 3.05) is 11.4 Å². The third-order valence-corrected chi connectivity index (χ3v) is 4.14. The van der Waals surface area contributed by atoms with E-state index in [1.165, 1.54) is 0 Å². The van der Waals surface area contributed by atoms with Crippen molar-refractivity contribution in [3.05, 3.63) is 21.8 Å². The lowest BCUT2D eigenvalue weighted by atomic mass is 10.1. The molecule has 1 aromatic heterocycles. The molecule has 1 aliphatic rings. The number of carbonyl (C=O) groups is 2. The molecule has 6 heteroatoms. The Balaban J connectivity index is 2.36. The average Bonchev–Trinajstić information content (AvgIpc) is 2.69. The molecule has 0 bridgehead atoms. The molecule has 2 amide bonds. The molecule has 0 aliphatic carbocycles. The second-order valence-electron chi connectivity index (χ2n) is 4.49. The van der Waals surface area contributed by atoms with Crippen LogP contribution in [0.25, 0.3) is 0 Å². The van der Waals surface area contributed by atoms with Crippen LogP contribution >= 0.6 is 15.9 Å². The lowest BCUT2D eigenvalue weighted by Gasteiger charge is -2.19. The van der Waals surface area contributed by atoms with E-state index >= 15 is 0 Å². The van der Waals surface area contributed by atoms with Gasteiger partial charge in [0, 0.05) is 23.6 Å². The van der Waals surface area contributed by atoms with Crippen LogP contribution in [0, 0.1) is 19.8 Å². The van der Waals surface area contributed by atoms with E-state index in [2.05, 4.69) is 20.9 Å². The number of primary amides is 1. The Morgan fingerprint density at radius 3 is 2.72 bits per heavy atom. The van der Waals surface area contributed by atoms with Crippen molar-refractivity contribution in [2.24, 2.45) is 11.7 Å². The van der Waals surface area contributed by atoms with E-state index in [4.69, 9.17) is 5.73 Å². The molecule has 18 heavy (non-hydrogen) atoms. The molecule has 1 unspecified atom stereocenters. The fourth-order valence-electron chi connectivity index (χ4n) is 2.03. The van der Waals surface area contributed by atoms with E-state index < -0.39 is 11.8 Å². The zero-order chi connectivity index (χ0) is 13.4. The first-order valence-corrected chi connectivity index (χ1v) is 6.42. The molecule has 1 aliphatic heterocycles. The maximum absolute atomic E-state index is 11.9. The van der Waals surface area contributed by atoms with Gasteiger partial charge in [-0.05, 0) is 40.9 Å². The first kappa shape index (κ1) is 13.0. The van der Waals surface area contributed by atoms with Crippen molar-refractivity contribution in [1.82, 2.24) is 4.98 Å². The highest BCUT2D eigenvalue weighted by Gasteiger charge is 2.35. The molecule has 2 rings (SSSR count). The largest absolute Gasteiger partial charge is 0.369 e. The molecular weight excluding hydrogens is 298 g/mol. The molecule has 0 saturated carbocycles. The number of halogens is 1. The summed E-state index contributed by atoms with van der Waals surface area (Å²) in [7, 11) is 0. The van der Waals surface area contributed by atoms with Crippen LogP contribution in [0.5, 0.6) is 0 Å². The number of hydrogen-bond acceptors (Lipinski definition) is 3.